The number of aliphatic hydroxyl groups excluding tert-OH is 1. The van der Waals surface area contributed by atoms with E-state index in [9.17, 15) is 9.90 Å². The quantitative estimate of drug-likeness (QED) is 0.547. The molecule has 2 aliphatic rings. The van der Waals surface area contributed by atoms with Crippen molar-refractivity contribution < 1.29 is 29.2 Å². The predicted octanol–water partition coefficient (Wildman–Crippen LogP) is 0.109. The fourth-order valence-electron chi connectivity index (χ4n) is 2.70. The van der Waals surface area contributed by atoms with Crippen molar-refractivity contribution in [2.75, 3.05) is 13.2 Å². The molecule has 0 aliphatic carbocycles. The molecule has 2 unspecified atom stereocenters. The Morgan fingerprint density at radius 3 is 2.90 bits per heavy atom. The van der Waals surface area contributed by atoms with Crippen LogP contribution in [0.25, 0.3) is 0 Å². The van der Waals surface area contributed by atoms with Crippen molar-refractivity contribution in [3.63, 3.8) is 0 Å². The highest BCUT2D eigenvalue weighted by Gasteiger charge is 2.51. The van der Waals surface area contributed by atoms with Gasteiger partial charge in [0.1, 0.15) is 18.3 Å². The second-order valence-electron chi connectivity index (χ2n) is 5.64. The summed E-state index contributed by atoms with van der Waals surface area (Å²) in [5, 5.41) is 22.6. The summed E-state index contributed by atoms with van der Waals surface area (Å²) < 4.78 is 16.6. The Kier molecular flexibility index (Phi) is 5.95. The topological polar surface area (TPSA) is 97.3 Å². The first-order chi connectivity index (χ1) is 10.0. The van der Waals surface area contributed by atoms with Crippen molar-refractivity contribution in [2.24, 2.45) is 0 Å². The number of aliphatic carboxylic acids is 1. The molecule has 0 aromatic heterocycles. The molecule has 0 saturated carbocycles. The van der Waals surface area contributed by atoms with Crippen LogP contribution in [0.4, 0.5) is 0 Å². The van der Waals surface area contributed by atoms with Crippen LogP contribution in [0.3, 0.4) is 0 Å². The summed E-state index contributed by atoms with van der Waals surface area (Å²) in [6.07, 6.45) is -0.251. The van der Waals surface area contributed by atoms with Crippen LogP contribution < -0.4 is 5.32 Å². The molecule has 2 aliphatic heterocycles. The minimum absolute atomic E-state index is 0.306. The van der Waals surface area contributed by atoms with Crippen LogP contribution in [-0.4, -0.2) is 66.1 Å². The first kappa shape index (κ1) is 16.6. The molecule has 0 spiro atoms. The fraction of sp³-hybridized carbons (Fsp3) is 0.929. The zero-order valence-electron chi connectivity index (χ0n) is 12.5. The van der Waals surface area contributed by atoms with Gasteiger partial charge in [-0.25, -0.2) is 4.79 Å². The number of hydrogen-bond acceptors (Lipinski definition) is 6. The third-order valence-electron chi connectivity index (χ3n) is 3.97. The lowest BCUT2D eigenvalue weighted by Gasteiger charge is -2.39. The molecule has 21 heavy (non-hydrogen) atoms. The van der Waals surface area contributed by atoms with Crippen LogP contribution in [0, 0.1) is 0 Å². The van der Waals surface area contributed by atoms with Gasteiger partial charge in [0.15, 0.2) is 12.4 Å². The van der Waals surface area contributed by atoms with E-state index in [1.165, 1.54) is 6.92 Å². The van der Waals surface area contributed by atoms with Gasteiger partial charge < -0.3 is 29.7 Å². The third kappa shape index (κ3) is 3.92. The molecule has 0 amide bonds. The summed E-state index contributed by atoms with van der Waals surface area (Å²) in [4.78, 5) is 11.0. The molecular weight excluding hydrogens is 278 g/mol. The van der Waals surface area contributed by atoms with Gasteiger partial charge >= 0.3 is 5.97 Å². The Hall–Kier alpha value is -0.730. The molecule has 0 aromatic carbocycles. The smallest absolute Gasteiger partial charge is 0.332 e. The number of carboxylic acid groups (broad SMARTS) is 1. The van der Waals surface area contributed by atoms with Crippen molar-refractivity contribution in [1.82, 2.24) is 5.32 Å². The molecule has 7 nitrogen and oxygen atoms in total. The zero-order valence-corrected chi connectivity index (χ0v) is 12.5. The van der Waals surface area contributed by atoms with Gasteiger partial charge in [0.05, 0.1) is 12.6 Å². The van der Waals surface area contributed by atoms with Gasteiger partial charge in [0.2, 0.25) is 0 Å². The number of unbranched alkanes of at least 4 members (excludes halogenated alkanes) is 2. The minimum atomic E-state index is -1.05. The molecule has 6 atom stereocenters. The molecule has 7 heteroatoms. The second kappa shape index (κ2) is 7.51. The van der Waals surface area contributed by atoms with E-state index in [4.69, 9.17) is 19.3 Å². The molecule has 2 bridgehead atoms. The summed E-state index contributed by atoms with van der Waals surface area (Å²) in [7, 11) is 0. The van der Waals surface area contributed by atoms with E-state index >= 15 is 0 Å². The van der Waals surface area contributed by atoms with Crippen molar-refractivity contribution in [1.29, 1.82) is 0 Å². The van der Waals surface area contributed by atoms with E-state index in [2.05, 4.69) is 12.2 Å². The Morgan fingerprint density at radius 2 is 2.24 bits per heavy atom. The Bertz CT molecular complexity index is 352. The molecule has 2 heterocycles. The largest absolute Gasteiger partial charge is 0.479 e. The Balaban J connectivity index is 1.99. The lowest BCUT2D eigenvalue weighted by Crippen LogP contribution is -2.61. The highest BCUT2D eigenvalue weighted by atomic mass is 16.7. The van der Waals surface area contributed by atoms with Crippen molar-refractivity contribution in [3.8, 4) is 0 Å². The number of rotatable bonds is 8. The number of aliphatic hydroxyl groups is 1. The molecule has 0 radical (unpaired) electrons. The van der Waals surface area contributed by atoms with Crippen LogP contribution >= 0.6 is 0 Å². The molecule has 2 saturated heterocycles. The normalized spacial score (nSPS) is 36.6. The minimum Gasteiger partial charge on any atom is -0.479 e. The van der Waals surface area contributed by atoms with Gasteiger partial charge in [-0.1, -0.05) is 19.8 Å². The van der Waals surface area contributed by atoms with Gasteiger partial charge in [-0.3, -0.25) is 0 Å². The maximum absolute atomic E-state index is 11.0. The number of hydrogen-bond donors (Lipinski definition) is 3. The lowest BCUT2D eigenvalue weighted by atomic mass is 9.98. The SMILES string of the molecule is CCCCCN[C@H]1C2OC[C@@H](O2)[C@@H](O)[C@@H]1OC(C)C(=O)O. The molecule has 0 aromatic rings. The maximum Gasteiger partial charge on any atom is 0.332 e. The summed E-state index contributed by atoms with van der Waals surface area (Å²) in [5.41, 5.74) is 0. The van der Waals surface area contributed by atoms with E-state index in [0.29, 0.717) is 6.61 Å². The van der Waals surface area contributed by atoms with Gasteiger partial charge in [0.25, 0.3) is 0 Å². The molecule has 2 rings (SSSR count). The Labute approximate surface area is 124 Å². The number of nitrogens with one attached hydrogen (secondary N) is 1. The number of carboxylic acids is 1. The second-order valence-corrected chi connectivity index (χ2v) is 5.64. The summed E-state index contributed by atoms with van der Waals surface area (Å²) in [6, 6.07) is -0.364. The monoisotopic (exact) mass is 303 g/mol. The van der Waals surface area contributed by atoms with E-state index in [1.54, 1.807) is 0 Å². The van der Waals surface area contributed by atoms with Crippen molar-refractivity contribution in [3.05, 3.63) is 0 Å². The first-order valence-electron chi connectivity index (χ1n) is 7.61. The van der Waals surface area contributed by atoms with Crippen molar-refractivity contribution in [2.45, 2.75) is 69.9 Å². The predicted molar refractivity (Wildman–Crippen MR) is 73.9 cm³/mol. The lowest BCUT2D eigenvalue weighted by molar-refractivity contribution is -0.213. The van der Waals surface area contributed by atoms with E-state index < -0.39 is 36.7 Å². The zero-order chi connectivity index (χ0) is 15.4. The third-order valence-corrected chi connectivity index (χ3v) is 3.97. The van der Waals surface area contributed by atoms with Crippen LogP contribution in [0.2, 0.25) is 0 Å². The fourth-order valence-corrected chi connectivity index (χ4v) is 2.70. The number of carbonyl (C=O) groups is 1. The van der Waals surface area contributed by atoms with Gasteiger partial charge in [-0.05, 0) is 19.9 Å². The Morgan fingerprint density at radius 1 is 1.48 bits per heavy atom. The van der Waals surface area contributed by atoms with Crippen LogP contribution in [0.15, 0.2) is 0 Å². The van der Waals surface area contributed by atoms with Gasteiger partial charge in [-0.15, -0.1) is 0 Å². The maximum atomic E-state index is 11.0. The summed E-state index contributed by atoms with van der Waals surface area (Å²) in [6.45, 7) is 4.64. The highest BCUT2D eigenvalue weighted by molar-refractivity contribution is 5.71. The molecule has 2 fully saturated rings. The van der Waals surface area contributed by atoms with Gasteiger partial charge in [0, 0.05) is 0 Å². The molecular formula is C14H25NO6. The van der Waals surface area contributed by atoms with Crippen LogP contribution in [0.5, 0.6) is 0 Å². The number of ether oxygens (including phenoxy) is 3. The van der Waals surface area contributed by atoms with Crippen molar-refractivity contribution >= 4 is 5.97 Å². The van der Waals surface area contributed by atoms with Crippen LogP contribution in [-0.2, 0) is 19.0 Å². The van der Waals surface area contributed by atoms with E-state index in [0.717, 1.165) is 25.8 Å². The first-order valence-corrected chi connectivity index (χ1v) is 7.61. The van der Waals surface area contributed by atoms with E-state index in [-0.39, 0.29) is 6.04 Å². The standard InChI is InChI=1S/C14H25NO6/c1-3-4-5-6-15-10-12(20-8(2)13(17)18)11(16)9-7-19-14(10)21-9/h8-12,14-16H,3-7H2,1-2H3,(H,17,18)/t8?,9-,10-,11-,12-,14?/m1/s1. The summed E-state index contributed by atoms with van der Waals surface area (Å²) in [5.74, 6) is -1.05. The van der Waals surface area contributed by atoms with Crippen LogP contribution in [0.1, 0.15) is 33.1 Å². The molecule has 122 valence electrons. The highest BCUT2D eigenvalue weighted by Crippen LogP contribution is 2.30. The van der Waals surface area contributed by atoms with E-state index in [1.807, 2.05) is 0 Å². The average molecular weight is 303 g/mol. The summed E-state index contributed by atoms with van der Waals surface area (Å²) >= 11 is 0. The average Bonchev–Trinajstić information content (AvgIpc) is 2.89. The van der Waals surface area contributed by atoms with Gasteiger partial charge in [-0.2, -0.15) is 0 Å². The molecule has 3 N–H and O–H groups in total. The number of fused-ring (bicyclic) bond motifs is 2.